The maximum absolute atomic E-state index is 6.44. The Morgan fingerprint density at radius 3 is 1.68 bits per heavy atom. The number of hydrogen-bond acceptors (Lipinski definition) is 2. The highest BCUT2D eigenvalue weighted by atomic mass is 16.3. The van der Waals surface area contributed by atoms with Gasteiger partial charge in [-0.15, -0.1) is 0 Å². The summed E-state index contributed by atoms with van der Waals surface area (Å²) in [5, 5.41) is 3.61. The van der Waals surface area contributed by atoms with E-state index in [1.54, 1.807) is 0 Å². The van der Waals surface area contributed by atoms with Gasteiger partial charge in [0.2, 0.25) is 0 Å². The molecule has 0 bridgehead atoms. The smallest absolute Gasteiger partial charge is 0.135 e. The quantitative estimate of drug-likeness (QED) is 0.174. The Balaban J connectivity index is 1.06. The van der Waals surface area contributed by atoms with E-state index in [9.17, 15) is 0 Å². The molecule has 0 unspecified atom stereocenters. The lowest BCUT2D eigenvalue weighted by Crippen LogP contribution is -2.09. The Kier molecular flexibility index (Phi) is 8.47. The van der Waals surface area contributed by atoms with Crippen LogP contribution >= 0.6 is 0 Å². The Labute approximate surface area is 310 Å². The maximum atomic E-state index is 6.44. The summed E-state index contributed by atoms with van der Waals surface area (Å²) in [5.41, 5.74) is 13.3. The molecule has 7 aromatic carbocycles. The second-order valence-electron chi connectivity index (χ2n) is 13.5. The number of nitrogens with zero attached hydrogens (tertiary/aromatic N) is 1. The van der Waals surface area contributed by atoms with Gasteiger partial charge in [-0.25, -0.2) is 0 Å². The van der Waals surface area contributed by atoms with E-state index in [0.717, 1.165) is 62.5 Å². The van der Waals surface area contributed by atoms with Crippen LogP contribution in [0.2, 0.25) is 0 Å². The van der Waals surface area contributed by atoms with Gasteiger partial charge in [-0.2, -0.15) is 0 Å². The number of allylic oxidation sites excluding steroid dienone is 6. The first-order valence-corrected chi connectivity index (χ1v) is 18.1. The van der Waals surface area contributed by atoms with Crippen molar-refractivity contribution in [2.75, 3.05) is 4.90 Å². The van der Waals surface area contributed by atoms with Crippen molar-refractivity contribution in [2.24, 2.45) is 0 Å². The van der Waals surface area contributed by atoms with Gasteiger partial charge in [0, 0.05) is 34.4 Å². The van der Waals surface area contributed by atoms with Crippen molar-refractivity contribution in [2.45, 2.75) is 6.42 Å². The number of fused-ring (bicyclic) bond motifs is 4. The summed E-state index contributed by atoms with van der Waals surface area (Å²) in [6.07, 6.45) is 13.1. The average Bonchev–Trinajstić information content (AvgIpc) is 3.57. The molecule has 1 aromatic heterocycles. The minimum atomic E-state index is 0.737. The third-order valence-corrected chi connectivity index (χ3v) is 10.0. The van der Waals surface area contributed by atoms with Crippen molar-refractivity contribution in [3.63, 3.8) is 0 Å². The van der Waals surface area contributed by atoms with E-state index < -0.39 is 0 Å². The van der Waals surface area contributed by atoms with Gasteiger partial charge in [-0.3, -0.25) is 0 Å². The molecule has 8 aromatic rings. The maximum Gasteiger partial charge on any atom is 0.135 e. The molecule has 252 valence electrons. The van der Waals surface area contributed by atoms with Crippen LogP contribution < -0.4 is 4.90 Å². The van der Waals surface area contributed by atoms with Crippen LogP contribution in [0.3, 0.4) is 0 Å². The molecule has 0 spiro atoms. The number of hydrogen-bond donors (Lipinski definition) is 0. The van der Waals surface area contributed by atoms with E-state index in [2.05, 4.69) is 193 Å². The highest BCUT2D eigenvalue weighted by Crippen LogP contribution is 2.39. The molecular formula is C51H37NO. The summed E-state index contributed by atoms with van der Waals surface area (Å²) >= 11 is 0. The Bertz CT molecular complexity index is 2670. The Morgan fingerprint density at radius 1 is 0.453 bits per heavy atom. The van der Waals surface area contributed by atoms with Crippen LogP contribution in [0.15, 0.2) is 211 Å². The first-order chi connectivity index (χ1) is 26.2. The molecule has 2 nitrogen and oxygen atoms in total. The number of benzene rings is 7. The van der Waals surface area contributed by atoms with Gasteiger partial charge in [0.05, 0.1) is 0 Å². The molecule has 0 atom stereocenters. The van der Waals surface area contributed by atoms with Gasteiger partial charge in [-0.05, 0) is 104 Å². The molecular weight excluding hydrogens is 643 g/mol. The molecule has 0 saturated carbocycles. The zero-order valence-corrected chi connectivity index (χ0v) is 29.3. The average molecular weight is 680 g/mol. The molecule has 0 radical (unpaired) electrons. The summed E-state index contributed by atoms with van der Waals surface area (Å²) < 4.78 is 6.44. The fourth-order valence-electron chi connectivity index (χ4n) is 7.22. The topological polar surface area (TPSA) is 16.4 Å². The molecule has 1 aliphatic carbocycles. The van der Waals surface area contributed by atoms with Crippen molar-refractivity contribution in [3.8, 4) is 33.4 Å². The van der Waals surface area contributed by atoms with Gasteiger partial charge in [0.1, 0.15) is 11.3 Å². The monoisotopic (exact) mass is 679 g/mol. The summed E-state index contributed by atoms with van der Waals surface area (Å²) in [6, 6.07) is 58.8. The molecule has 0 amide bonds. The number of furan rings is 1. The molecule has 0 fully saturated rings. The van der Waals surface area contributed by atoms with E-state index >= 15 is 0 Å². The summed E-state index contributed by atoms with van der Waals surface area (Å²) in [4.78, 5) is 2.33. The third-order valence-electron chi connectivity index (χ3n) is 10.0. The van der Waals surface area contributed by atoms with E-state index in [0.29, 0.717) is 0 Å². The third kappa shape index (κ3) is 6.55. The van der Waals surface area contributed by atoms with Crippen molar-refractivity contribution >= 4 is 44.9 Å². The number of anilines is 3. The lowest BCUT2D eigenvalue weighted by molar-refractivity contribution is 0.564. The largest absolute Gasteiger partial charge is 0.460 e. The van der Waals surface area contributed by atoms with E-state index in [1.165, 1.54) is 33.0 Å². The van der Waals surface area contributed by atoms with Crippen LogP contribution in [-0.2, 0) is 6.42 Å². The van der Waals surface area contributed by atoms with Gasteiger partial charge in [-0.1, -0.05) is 152 Å². The molecule has 53 heavy (non-hydrogen) atoms. The van der Waals surface area contributed by atoms with Crippen LogP contribution in [0.1, 0.15) is 11.3 Å². The minimum absolute atomic E-state index is 0.737. The lowest BCUT2D eigenvalue weighted by atomic mass is 10.00. The zero-order chi connectivity index (χ0) is 35.6. The van der Waals surface area contributed by atoms with E-state index in [-0.39, 0.29) is 0 Å². The van der Waals surface area contributed by atoms with Crippen LogP contribution in [0.5, 0.6) is 0 Å². The highest BCUT2D eigenvalue weighted by molar-refractivity contribution is 5.92. The van der Waals surface area contributed by atoms with Crippen molar-refractivity contribution < 1.29 is 4.42 Å². The minimum Gasteiger partial charge on any atom is -0.460 e. The fourth-order valence-corrected chi connectivity index (χ4v) is 7.22. The van der Waals surface area contributed by atoms with Crippen molar-refractivity contribution in [3.05, 3.63) is 218 Å². The second-order valence-corrected chi connectivity index (χ2v) is 13.5. The summed E-state index contributed by atoms with van der Waals surface area (Å²) in [7, 11) is 0. The Morgan fingerprint density at radius 2 is 1.00 bits per heavy atom. The molecule has 0 saturated heterocycles. The highest BCUT2D eigenvalue weighted by Gasteiger charge is 2.16. The van der Waals surface area contributed by atoms with Gasteiger partial charge in [0.15, 0.2) is 0 Å². The second kappa shape index (κ2) is 14.0. The van der Waals surface area contributed by atoms with Crippen molar-refractivity contribution in [1.29, 1.82) is 0 Å². The first-order valence-electron chi connectivity index (χ1n) is 18.1. The normalized spacial score (nSPS) is 13.8. The van der Waals surface area contributed by atoms with Crippen LogP contribution in [0.25, 0.3) is 61.2 Å². The van der Waals surface area contributed by atoms with E-state index in [4.69, 9.17) is 4.42 Å². The molecule has 9 rings (SSSR count). The first kappa shape index (κ1) is 32.0. The van der Waals surface area contributed by atoms with Gasteiger partial charge < -0.3 is 9.32 Å². The van der Waals surface area contributed by atoms with E-state index in [1.807, 2.05) is 18.2 Å². The van der Waals surface area contributed by atoms with Gasteiger partial charge in [0.25, 0.3) is 0 Å². The lowest BCUT2D eigenvalue weighted by Gasteiger charge is -2.26. The predicted octanol–water partition coefficient (Wildman–Crippen LogP) is 14.3. The fraction of sp³-hybridized carbons (Fsp3) is 0.0196. The van der Waals surface area contributed by atoms with Crippen LogP contribution in [-0.4, -0.2) is 0 Å². The molecule has 1 aliphatic rings. The molecule has 0 N–H and O–H groups in total. The van der Waals surface area contributed by atoms with Crippen LogP contribution in [0.4, 0.5) is 17.1 Å². The number of rotatable bonds is 6. The predicted molar refractivity (Wildman–Crippen MR) is 225 cm³/mol. The van der Waals surface area contributed by atoms with Gasteiger partial charge >= 0.3 is 0 Å². The SMILES string of the molecule is C=C1C=Cc2c(oc3cc(-c4ccc(N(c5ccc(-c6ccccc6)cc5)c5ccc(-c6ccc7ccccc7c6)cc5)cc4)ccc23)C/C=C\C=C/1. The summed E-state index contributed by atoms with van der Waals surface area (Å²) in [5.74, 6) is 0.962. The molecule has 2 heteroatoms. The Hall–Kier alpha value is -6.90. The summed E-state index contributed by atoms with van der Waals surface area (Å²) in [6.45, 7) is 4.14. The molecule has 1 heterocycles. The zero-order valence-electron chi connectivity index (χ0n) is 29.3. The molecule has 0 aliphatic heterocycles. The standard InChI is InChI=1S/C51H37NO/c1-36-10-4-2-7-15-50-48(32-16-36)49-33-25-44(35-51(49)53-50)41-23-30-47(31-24-41)52(45-26-19-39(20-27-45)37-11-5-3-6-12-37)46-28-21-40(22-29-46)43-18-17-38-13-8-9-14-42(38)34-43/h2-14,16-35H,1,15H2/b7-2-,10-4-,32-16?. The van der Waals surface area contributed by atoms with Crippen LogP contribution in [0, 0.1) is 0 Å². The van der Waals surface area contributed by atoms with Crippen molar-refractivity contribution in [1.82, 2.24) is 0 Å².